The second kappa shape index (κ2) is 8.26. The van der Waals surface area contributed by atoms with Crippen molar-refractivity contribution >= 4 is 11.8 Å². The van der Waals surface area contributed by atoms with Crippen molar-refractivity contribution in [2.45, 2.75) is 4.90 Å². The Labute approximate surface area is 123 Å². The molecule has 20 heavy (non-hydrogen) atoms. The van der Waals surface area contributed by atoms with E-state index in [1.807, 2.05) is 36.4 Å². The van der Waals surface area contributed by atoms with Crippen LogP contribution in [-0.4, -0.2) is 23.9 Å². The summed E-state index contributed by atoms with van der Waals surface area (Å²) in [4.78, 5) is 5.19. The molecule has 0 aliphatic heterocycles. The van der Waals surface area contributed by atoms with Crippen molar-refractivity contribution in [3.63, 3.8) is 0 Å². The fourth-order valence-electron chi connectivity index (χ4n) is 1.57. The van der Waals surface area contributed by atoms with Gasteiger partial charge in [-0.1, -0.05) is 17.9 Å². The monoisotopic (exact) mass is 284 g/mol. The lowest BCUT2D eigenvalue weighted by Crippen LogP contribution is -2.00. The Kier molecular flexibility index (Phi) is 5.97. The number of aromatic nitrogens is 1. The Morgan fingerprint density at radius 2 is 2.05 bits per heavy atom. The fraction of sp³-hybridized carbons (Fsp3) is 0.188. The van der Waals surface area contributed by atoms with E-state index in [-0.39, 0.29) is 0 Å². The zero-order chi connectivity index (χ0) is 14.0. The first kappa shape index (κ1) is 14.4. The highest BCUT2D eigenvalue weighted by Crippen LogP contribution is 2.17. The van der Waals surface area contributed by atoms with Crippen molar-refractivity contribution in [3.8, 4) is 17.6 Å². The van der Waals surface area contributed by atoms with Gasteiger partial charge >= 0.3 is 0 Å². The predicted molar refractivity (Wildman–Crippen MR) is 82.8 cm³/mol. The highest BCUT2D eigenvalue weighted by Gasteiger charge is 1.96. The molecule has 0 aliphatic carbocycles. The van der Waals surface area contributed by atoms with E-state index in [2.05, 4.69) is 16.8 Å². The molecule has 1 heterocycles. The highest BCUT2D eigenvalue weighted by molar-refractivity contribution is 7.99. The second-order valence-corrected chi connectivity index (χ2v) is 5.08. The van der Waals surface area contributed by atoms with Crippen LogP contribution < -0.4 is 10.5 Å². The molecule has 1 aromatic carbocycles. The number of hydrogen-bond donors (Lipinski definition) is 1. The fourth-order valence-corrected chi connectivity index (χ4v) is 2.29. The highest BCUT2D eigenvalue weighted by atomic mass is 32.2. The van der Waals surface area contributed by atoms with Gasteiger partial charge in [0, 0.05) is 28.6 Å². The SMILES string of the molecule is NCC#Cc1cccc(OCCSc2ccncc2)c1. The van der Waals surface area contributed by atoms with E-state index < -0.39 is 0 Å². The Hall–Kier alpha value is -1.96. The molecule has 0 fully saturated rings. The number of nitrogens with two attached hydrogens (primary N) is 1. The summed E-state index contributed by atoms with van der Waals surface area (Å²) in [6.07, 6.45) is 3.59. The van der Waals surface area contributed by atoms with Gasteiger partial charge < -0.3 is 10.5 Å². The first-order valence-electron chi connectivity index (χ1n) is 6.33. The molecular formula is C16H16N2OS. The van der Waals surface area contributed by atoms with E-state index in [1.54, 1.807) is 24.2 Å². The van der Waals surface area contributed by atoms with Crippen LogP contribution in [0.25, 0.3) is 0 Å². The smallest absolute Gasteiger partial charge is 0.120 e. The minimum Gasteiger partial charge on any atom is -0.493 e. The Balaban J connectivity index is 1.79. The predicted octanol–water partition coefficient (Wildman–Crippen LogP) is 2.56. The molecule has 0 atom stereocenters. The van der Waals surface area contributed by atoms with Crippen LogP contribution >= 0.6 is 11.8 Å². The van der Waals surface area contributed by atoms with Crippen molar-refractivity contribution in [2.75, 3.05) is 18.9 Å². The van der Waals surface area contributed by atoms with Crippen LogP contribution in [0.2, 0.25) is 0 Å². The second-order valence-electron chi connectivity index (χ2n) is 3.91. The van der Waals surface area contributed by atoms with Crippen molar-refractivity contribution in [1.82, 2.24) is 4.98 Å². The maximum Gasteiger partial charge on any atom is 0.120 e. The zero-order valence-electron chi connectivity index (χ0n) is 11.1. The van der Waals surface area contributed by atoms with Gasteiger partial charge in [-0.15, -0.1) is 11.8 Å². The Bertz CT molecular complexity index is 590. The Morgan fingerprint density at radius 3 is 2.85 bits per heavy atom. The topological polar surface area (TPSA) is 48.1 Å². The minimum absolute atomic E-state index is 0.369. The average molecular weight is 284 g/mol. The van der Waals surface area contributed by atoms with E-state index in [0.29, 0.717) is 13.2 Å². The van der Waals surface area contributed by atoms with Crippen molar-refractivity contribution in [1.29, 1.82) is 0 Å². The van der Waals surface area contributed by atoms with Crippen LogP contribution in [0, 0.1) is 11.8 Å². The molecule has 102 valence electrons. The number of nitrogens with zero attached hydrogens (tertiary/aromatic N) is 1. The molecule has 0 spiro atoms. The third-order valence-corrected chi connectivity index (χ3v) is 3.42. The summed E-state index contributed by atoms with van der Waals surface area (Å²) >= 11 is 1.75. The van der Waals surface area contributed by atoms with Crippen LogP contribution in [0.1, 0.15) is 5.56 Å². The lowest BCUT2D eigenvalue weighted by atomic mass is 10.2. The number of hydrogen-bond acceptors (Lipinski definition) is 4. The molecule has 0 saturated heterocycles. The number of benzene rings is 1. The molecule has 0 unspecified atom stereocenters. The summed E-state index contributed by atoms with van der Waals surface area (Å²) in [6, 6.07) is 11.7. The zero-order valence-corrected chi connectivity index (χ0v) is 11.9. The van der Waals surface area contributed by atoms with Gasteiger partial charge in [-0.25, -0.2) is 0 Å². The minimum atomic E-state index is 0.369. The molecule has 2 rings (SSSR count). The number of rotatable bonds is 5. The third kappa shape index (κ3) is 4.96. The van der Waals surface area contributed by atoms with Crippen molar-refractivity contribution in [2.24, 2.45) is 5.73 Å². The summed E-state index contributed by atoms with van der Waals surface area (Å²) < 4.78 is 5.71. The van der Waals surface area contributed by atoms with Gasteiger partial charge in [0.05, 0.1) is 13.2 Å². The van der Waals surface area contributed by atoms with E-state index in [4.69, 9.17) is 10.5 Å². The normalized spacial score (nSPS) is 9.65. The molecule has 0 saturated carbocycles. The van der Waals surface area contributed by atoms with Gasteiger partial charge in [-0.3, -0.25) is 4.98 Å². The summed E-state index contributed by atoms with van der Waals surface area (Å²) in [7, 11) is 0. The standard InChI is InChI=1S/C16H16N2OS/c17-8-2-4-14-3-1-5-15(13-14)19-11-12-20-16-6-9-18-10-7-16/h1,3,5-7,9-10,13H,8,11-12,17H2. The molecule has 0 aliphatic rings. The third-order valence-electron chi connectivity index (χ3n) is 2.44. The van der Waals surface area contributed by atoms with Gasteiger partial charge in [0.1, 0.15) is 5.75 Å². The van der Waals surface area contributed by atoms with Gasteiger partial charge in [0.15, 0.2) is 0 Å². The molecule has 3 nitrogen and oxygen atoms in total. The van der Waals surface area contributed by atoms with Gasteiger partial charge in [0.2, 0.25) is 0 Å². The summed E-state index contributed by atoms with van der Waals surface area (Å²) in [5.74, 6) is 7.56. The summed E-state index contributed by atoms with van der Waals surface area (Å²) in [5.41, 5.74) is 6.28. The first-order valence-corrected chi connectivity index (χ1v) is 7.31. The van der Waals surface area contributed by atoms with E-state index in [9.17, 15) is 0 Å². The number of ether oxygens (including phenoxy) is 1. The van der Waals surface area contributed by atoms with Crippen molar-refractivity contribution in [3.05, 3.63) is 54.4 Å². The molecule has 2 aromatic rings. The molecule has 0 radical (unpaired) electrons. The largest absolute Gasteiger partial charge is 0.493 e. The molecule has 1 aromatic heterocycles. The van der Waals surface area contributed by atoms with E-state index >= 15 is 0 Å². The molecule has 4 heteroatoms. The number of pyridine rings is 1. The van der Waals surface area contributed by atoms with E-state index in [0.717, 1.165) is 17.1 Å². The molecule has 0 amide bonds. The van der Waals surface area contributed by atoms with Crippen LogP contribution in [0.15, 0.2) is 53.7 Å². The van der Waals surface area contributed by atoms with Crippen LogP contribution in [0.3, 0.4) is 0 Å². The average Bonchev–Trinajstić information content (AvgIpc) is 2.51. The van der Waals surface area contributed by atoms with Crippen LogP contribution in [0.4, 0.5) is 0 Å². The lowest BCUT2D eigenvalue weighted by molar-refractivity contribution is 0.344. The Morgan fingerprint density at radius 1 is 1.20 bits per heavy atom. The molecule has 2 N–H and O–H groups in total. The number of thioether (sulfide) groups is 1. The maximum absolute atomic E-state index is 5.71. The first-order chi connectivity index (χ1) is 9.88. The molecular weight excluding hydrogens is 268 g/mol. The van der Waals surface area contributed by atoms with Crippen molar-refractivity contribution < 1.29 is 4.74 Å². The van der Waals surface area contributed by atoms with Gasteiger partial charge in [0.25, 0.3) is 0 Å². The lowest BCUT2D eigenvalue weighted by Gasteiger charge is -2.06. The quantitative estimate of drug-likeness (QED) is 0.521. The van der Waals surface area contributed by atoms with Gasteiger partial charge in [-0.2, -0.15) is 0 Å². The van der Waals surface area contributed by atoms with Crippen LogP contribution in [-0.2, 0) is 0 Å². The summed E-state index contributed by atoms with van der Waals surface area (Å²) in [6.45, 7) is 1.02. The summed E-state index contributed by atoms with van der Waals surface area (Å²) in [5, 5.41) is 0. The maximum atomic E-state index is 5.71. The molecule has 0 bridgehead atoms. The van der Waals surface area contributed by atoms with E-state index in [1.165, 1.54) is 4.90 Å². The van der Waals surface area contributed by atoms with Crippen LogP contribution in [0.5, 0.6) is 5.75 Å². The van der Waals surface area contributed by atoms with Gasteiger partial charge in [-0.05, 0) is 30.3 Å².